The summed E-state index contributed by atoms with van der Waals surface area (Å²) in [4.78, 5) is 46.3. The molecule has 0 unspecified atom stereocenters. The van der Waals surface area contributed by atoms with Crippen molar-refractivity contribution in [2.24, 2.45) is 0 Å². The molecule has 3 aromatic heterocycles. The number of amides is 2. The monoisotopic (exact) mass is 663 g/mol. The highest BCUT2D eigenvalue weighted by atomic mass is 35.5. The molecule has 2 fully saturated rings. The maximum Gasteiger partial charge on any atom is 0.433 e. The first-order valence-corrected chi connectivity index (χ1v) is 14.4. The summed E-state index contributed by atoms with van der Waals surface area (Å²) in [6.45, 7) is 2.12. The van der Waals surface area contributed by atoms with Crippen LogP contribution in [0.1, 0.15) is 28.9 Å². The third-order valence-corrected chi connectivity index (χ3v) is 8.08. The average molecular weight is 664 g/mol. The van der Waals surface area contributed by atoms with E-state index in [0.29, 0.717) is 57.8 Å². The Morgan fingerprint density at radius 2 is 1.74 bits per heavy atom. The van der Waals surface area contributed by atoms with Crippen LogP contribution in [-0.4, -0.2) is 108 Å². The Balaban J connectivity index is 0.00000134. The van der Waals surface area contributed by atoms with Crippen molar-refractivity contribution >= 4 is 47.0 Å². The van der Waals surface area contributed by atoms with Crippen LogP contribution in [-0.2, 0) is 15.8 Å². The van der Waals surface area contributed by atoms with Crippen LogP contribution >= 0.6 is 11.6 Å². The summed E-state index contributed by atoms with van der Waals surface area (Å²) in [6.07, 6.45) is 1.39. The Morgan fingerprint density at radius 3 is 2.39 bits per heavy atom. The van der Waals surface area contributed by atoms with E-state index in [0.717, 1.165) is 6.20 Å². The number of piperidine rings is 1. The summed E-state index contributed by atoms with van der Waals surface area (Å²) < 4.78 is 41.7. The molecule has 46 heavy (non-hydrogen) atoms. The second kappa shape index (κ2) is 13.3. The fraction of sp³-hybridized carbons (Fsp3) is 0.357. The molecule has 4 aromatic rings. The zero-order valence-corrected chi connectivity index (χ0v) is 24.8. The predicted molar refractivity (Wildman–Crippen MR) is 159 cm³/mol. The minimum Gasteiger partial charge on any atom is -0.483 e. The molecule has 0 aliphatic carbocycles. The largest absolute Gasteiger partial charge is 0.483 e. The lowest BCUT2D eigenvalue weighted by atomic mass is 9.90. The summed E-state index contributed by atoms with van der Waals surface area (Å²) >= 11 is 6.51. The minimum absolute atomic E-state index is 0.157. The van der Waals surface area contributed by atoms with Gasteiger partial charge in [-0.2, -0.15) is 18.3 Å². The molecular formula is C28H29ClF3N9O5. The molecule has 0 radical (unpaired) electrons. The zero-order chi connectivity index (χ0) is 33.1. The topological polar surface area (TPSA) is 181 Å². The number of benzene rings is 1. The molecule has 2 aliphatic heterocycles. The van der Waals surface area contributed by atoms with Gasteiger partial charge >= 0.3 is 6.18 Å². The van der Waals surface area contributed by atoms with E-state index >= 15 is 0 Å². The Bertz CT molecular complexity index is 1730. The van der Waals surface area contributed by atoms with Gasteiger partial charge in [0.25, 0.3) is 18.3 Å². The van der Waals surface area contributed by atoms with E-state index in [1.807, 2.05) is 5.10 Å². The van der Waals surface area contributed by atoms with Gasteiger partial charge in [0.15, 0.2) is 11.5 Å². The van der Waals surface area contributed by atoms with E-state index in [4.69, 9.17) is 21.5 Å². The van der Waals surface area contributed by atoms with E-state index in [9.17, 15) is 27.9 Å². The molecule has 5 heterocycles. The standard InChI is InChI=1S/C27H27ClF3N9O3.CH2O2/c28-19-13-16(36-22-23-34-15-20(40(23)8-7-33-22)18-14-35-37-21(18)27(29,30)31)1-2-17(19)24(41)38-9-11-39(12-10-38)25(42)26(43)3-5-32-6-4-26;2-1-3/h1-2,7-8,13-15,32,43H,3-6,9-12H2,(H,33,36)(H,35,37);1H,(H,2,3). The average Bonchev–Trinajstić information content (AvgIpc) is 3.70. The zero-order valence-electron chi connectivity index (χ0n) is 24.1. The third kappa shape index (κ3) is 6.61. The van der Waals surface area contributed by atoms with Crippen molar-refractivity contribution in [1.82, 2.24) is 39.7 Å². The molecule has 14 nitrogen and oxygen atoms in total. The second-order valence-corrected chi connectivity index (χ2v) is 11.0. The van der Waals surface area contributed by atoms with Crippen LogP contribution in [0, 0.1) is 0 Å². The normalized spacial score (nSPS) is 16.5. The Kier molecular flexibility index (Phi) is 9.45. The number of carbonyl (C=O) groups excluding carboxylic acids is 2. The maximum absolute atomic E-state index is 13.4. The number of anilines is 2. The Labute approximate surface area is 264 Å². The van der Waals surface area contributed by atoms with E-state index < -0.39 is 17.5 Å². The first-order valence-electron chi connectivity index (χ1n) is 14.1. The lowest BCUT2D eigenvalue weighted by molar-refractivity contribution is -0.155. The van der Waals surface area contributed by atoms with Gasteiger partial charge in [-0.25, -0.2) is 9.97 Å². The number of aromatic amines is 1. The van der Waals surface area contributed by atoms with Gasteiger partial charge in [-0.1, -0.05) is 11.6 Å². The quantitative estimate of drug-likeness (QED) is 0.199. The van der Waals surface area contributed by atoms with Crippen LogP contribution in [0.5, 0.6) is 0 Å². The van der Waals surface area contributed by atoms with Crippen LogP contribution in [0.4, 0.5) is 24.7 Å². The van der Waals surface area contributed by atoms with Gasteiger partial charge in [0, 0.05) is 44.3 Å². The molecule has 0 saturated carbocycles. The number of halogens is 4. The molecule has 0 bridgehead atoms. The molecule has 1 aromatic carbocycles. The van der Waals surface area contributed by atoms with E-state index in [1.54, 1.807) is 28.0 Å². The second-order valence-electron chi connectivity index (χ2n) is 10.6. The number of imidazole rings is 1. The summed E-state index contributed by atoms with van der Waals surface area (Å²) in [7, 11) is 0. The molecule has 0 spiro atoms. The lowest BCUT2D eigenvalue weighted by Gasteiger charge is -2.40. The number of carbonyl (C=O) groups is 3. The van der Waals surface area contributed by atoms with Gasteiger partial charge in [-0.3, -0.25) is 23.9 Å². The van der Waals surface area contributed by atoms with Gasteiger partial charge in [-0.15, -0.1) is 0 Å². The fourth-order valence-electron chi connectivity index (χ4n) is 5.44. The number of nitrogens with zero attached hydrogens (tertiary/aromatic N) is 6. The van der Waals surface area contributed by atoms with Crippen molar-refractivity contribution in [1.29, 1.82) is 0 Å². The molecule has 0 atom stereocenters. The first kappa shape index (κ1) is 32.6. The van der Waals surface area contributed by atoms with Crippen molar-refractivity contribution in [2.75, 3.05) is 44.6 Å². The highest BCUT2D eigenvalue weighted by molar-refractivity contribution is 6.34. The number of aromatic nitrogens is 5. The minimum atomic E-state index is -4.62. The third-order valence-electron chi connectivity index (χ3n) is 7.77. The Morgan fingerprint density at radius 1 is 1.07 bits per heavy atom. The summed E-state index contributed by atoms with van der Waals surface area (Å²) in [5.74, 6) is -0.326. The first-order chi connectivity index (χ1) is 22.0. The number of alkyl halides is 3. The number of piperazine rings is 1. The molecule has 2 saturated heterocycles. The van der Waals surface area contributed by atoms with Crippen LogP contribution in [0.3, 0.4) is 0 Å². The number of H-pyrrole nitrogens is 1. The number of fused-ring (bicyclic) bond motifs is 1. The maximum atomic E-state index is 13.4. The molecule has 244 valence electrons. The van der Waals surface area contributed by atoms with Crippen LogP contribution in [0.25, 0.3) is 16.9 Å². The molecule has 5 N–H and O–H groups in total. The number of rotatable bonds is 5. The summed E-state index contributed by atoms with van der Waals surface area (Å²) in [6, 6.07) is 4.76. The Hall–Kier alpha value is -4.74. The number of aliphatic hydroxyl groups is 1. The van der Waals surface area contributed by atoms with Crippen molar-refractivity contribution in [3.05, 3.63) is 59.3 Å². The molecule has 18 heteroatoms. The van der Waals surface area contributed by atoms with Crippen molar-refractivity contribution in [2.45, 2.75) is 24.6 Å². The smallest absolute Gasteiger partial charge is 0.433 e. The number of carboxylic acid groups (broad SMARTS) is 1. The predicted octanol–water partition coefficient (Wildman–Crippen LogP) is 2.63. The van der Waals surface area contributed by atoms with Crippen LogP contribution in [0.15, 0.2) is 43.0 Å². The summed E-state index contributed by atoms with van der Waals surface area (Å²) in [5.41, 5.74) is -1.31. The highest BCUT2D eigenvalue weighted by Crippen LogP contribution is 2.36. The number of hydrogen-bond acceptors (Lipinski definition) is 9. The van der Waals surface area contributed by atoms with E-state index in [2.05, 4.69) is 25.7 Å². The van der Waals surface area contributed by atoms with Crippen molar-refractivity contribution in [3.63, 3.8) is 0 Å². The van der Waals surface area contributed by atoms with Crippen LogP contribution < -0.4 is 10.6 Å². The van der Waals surface area contributed by atoms with Gasteiger partial charge in [0.2, 0.25) is 0 Å². The summed E-state index contributed by atoms with van der Waals surface area (Å²) in [5, 5.41) is 29.6. The van der Waals surface area contributed by atoms with Crippen molar-refractivity contribution in [3.8, 4) is 11.3 Å². The van der Waals surface area contributed by atoms with Gasteiger partial charge in [0.1, 0.15) is 11.3 Å². The number of nitrogens with one attached hydrogen (secondary N) is 3. The van der Waals surface area contributed by atoms with E-state index in [1.165, 1.54) is 23.0 Å². The molecule has 2 aliphatic rings. The highest BCUT2D eigenvalue weighted by Gasteiger charge is 2.41. The fourth-order valence-corrected chi connectivity index (χ4v) is 5.70. The van der Waals surface area contributed by atoms with Crippen molar-refractivity contribution < 1.29 is 37.8 Å². The lowest BCUT2D eigenvalue weighted by Crippen LogP contribution is -2.59. The molecule has 2 amide bonds. The van der Waals surface area contributed by atoms with Crippen LogP contribution in [0.2, 0.25) is 5.02 Å². The SMILES string of the molecule is O=C(c1ccc(Nc2nccn3c(-c4cn[nH]c4C(F)(F)F)cnc23)cc1Cl)N1CCN(C(=O)C2(O)CCNCC2)CC1.O=CO. The van der Waals surface area contributed by atoms with Gasteiger partial charge < -0.3 is 30.6 Å². The van der Waals surface area contributed by atoms with Gasteiger partial charge in [0.05, 0.1) is 34.2 Å². The molecular weight excluding hydrogens is 635 g/mol. The van der Waals surface area contributed by atoms with E-state index in [-0.39, 0.29) is 51.6 Å². The van der Waals surface area contributed by atoms with Gasteiger partial charge in [-0.05, 0) is 44.1 Å². The molecule has 6 rings (SSSR count). The number of hydrogen-bond donors (Lipinski definition) is 5.